The lowest BCUT2D eigenvalue weighted by Gasteiger charge is -2.39. The van der Waals surface area contributed by atoms with Crippen molar-refractivity contribution in [2.24, 2.45) is 16.6 Å². The van der Waals surface area contributed by atoms with Gasteiger partial charge in [-0.15, -0.1) is 0 Å². The van der Waals surface area contributed by atoms with Gasteiger partial charge in [-0.1, -0.05) is 13.5 Å². The lowest BCUT2D eigenvalue weighted by Crippen LogP contribution is -2.51. The van der Waals surface area contributed by atoms with Crippen molar-refractivity contribution in [3.63, 3.8) is 0 Å². The quantitative estimate of drug-likeness (QED) is 0.306. The van der Waals surface area contributed by atoms with Crippen LogP contribution < -0.4 is 16.0 Å². The number of nitrogens with zero attached hydrogens (tertiary/aromatic N) is 2. The fraction of sp³-hybridized carbons (Fsp3) is 0.500. The Kier molecular flexibility index (Phi) is 7.56. The van der Waals surface area contributed by atoms with Crippen LogP contribution in [0.3, 0.4) is 0 Å². The average molecular weight is 494 g/mol. The number of hydrogen-bond acceptors (Lipinski definition) is 6. The summed E-state index contributed by atoms with van der Waals surface area (Å²) in [6, 6.07) is 1.73. The van der Waals surface area contributed by atoms with Crippen LogP contribution in [-0.4, -0.2) is 48.5 Å². The van der Waals surface area contributed by atoms with E-state index in [1.54, 1.807) is 11.8 Å². The van der Waals surface area contributed by atoms with Crippen LogP contribution >= 0.6 is 0 Å². The molecule has 11 heteroatoms. The summed E-state index contributed by atoms with van der Waals surface area (Å²) in [5, 5.41) is 10.1. The number of ether oxygens (including phenoxy) is 1. The van der Waals surface area contributed by atoms with E-state index in [9.17, 15) is 22.8 Å². The molecule has 2 aliphatic heterocycles. The van der Waals surface area contributed by atoms with Crippen molar-refractivity contribution in [2.45, 2.75) is 57.7 Å². The average Bonchev–Trinajstić information content (AvgIpc) is 2.70. The van der Waals surface area contributed by atoms with Crippen molar-refractivity contribution in [3.8, 4) is 0 Å². The van der Waals surface area contributed by atoms with Gasteiger partial charge < -0.3 is 15.4 Å². The topological polar surface area (TPSA) is 121 Å². The van der Waals surface area contributed by atoms with E-state index in [2.05, 4.69) is 16.9 Å². The summed E-state index contributed by atoms with van der Waals surface area (Å²) < 4.78 is 48.6. The fourth-order valence-electron chi connectivity index (χ4n) is 3.89. The lowest BCUT2D eigenvalue weighted by atomic mass is 9.89. The minimum absolute atomic E-state index is 0.0179. The van der Waals surface area contributed by atoms with Crippen LogP contribution in [0.4, 0.5) is 18.9 Å². The molecule has 35 heavy (non-hydrogen) atoms. The molecule has 2 atom stereocenters. The van der Waals surface area contributed by atoms with E-state index in [1.807, 2.05) is 0 Å². The second-order valence-corrected chi connectivity index (χ2v) is 9.56. The summed E-state index contributed by atoms with van der Waals surface area (Å²) in [7, 11) is 0. The van der Waals surface area contributed by atoms with Crippen LogP contribution in [0.5, 0.6) is 0 Å². The zero-order valence-corrected chi connectivity index (χ0v) is 20.0. The van der Waals surface area contributed by atoms with E-state index in [0.29, 0.717) is 18.7 Å². The van der Waals surface area contributed by atoms with Gasteiger partial charge in [0.2, 0.25) is 17.7 Å². The Hall–Kier alpha value is -3.37. The Morgan fingerprint density at radius 1 is 1.34 bits per heavy atom. The zero-order chi connectivity index (χ0) is 26.1. The van der Waals surface area contributed by atoms with Gasteiger partial charge in [0.15, 0.2) is 0 Å². The maximum absolute atomic E-state index is 14.7. The first-order valence-corrected chi connectivity index (χ1v) is 11.3. The number of alkyl halides is 1. The van der Waals surface area contributed by atoms with Crippen LogP contribution in [0.2, 0.25) is 0 Å². The molecule has 4 N–H and O–H groups in total. The standard InChI is InChI=1S/C24H30F3N5O3/c1-12(7-13(2)24(3,4)27)21(28)35-23(29)30-14-10-32(11-14)15-8-17(25)20(18(26)9-15)16-5-6-19(33)31-22(16)34/h8-9,13-14,16,28H,1,5-7,10-11H2,2-4H3,(H2,29,30)(H,31,33,34). The number of aliphatic imine (C=N–C) groups is 1. The van der Waals surface area contributed by atoms with Gasteiger partial charge in [-0.3, -0.25) is 20.3 Å². The van der Waals surface area contributed by atoms with Gasteiger partial charge in [0.1, 0.15) is 17.3 Å². The van der Waals surface area contributed by atoms with Crippen LogP contribution in [0.25, 0.3) is 0 Å². The second kappa shape index (κ2) is 10.1. The van der Waals surface area contributed by atoms with Gasteiger partial charge in [-0.25, -0.2) is 18.2 Å². The summed E-state index contributed by atoms with van der Waals surface area (Å²) in [5.41, 5.74) is 4.56. The minimum Gasteiger partial charge on any atom is -0.408 e. The number of imide groups is 1. The predicted octanol–water partition coefficient (Wildman–Crippen LogP) is 3.31. The molecule has 2 unspecified atom stereocenters. The molecule has 2 heterocycles. The summed E-state index contributed by atoms with van der Waals surface area (Å²) in [5.74, 6) is -4.62. The Labute approximate surface area is 201 Å². The highest BCUT2D eigenvalue weighted by Crippen LogP contribution is 2.33. The fourth-order valence-corrected chi connectivity index (χ4v) is 3.89. The van der Waals surface area contributed by atoms with Crippen LogP contribution in [0.15, 0.2) is 29.3 Å². The molecule has 0 radical (unpaired) electrons. The number of piperidine rings is 1. The number of hydrogen-bond donors (Lipinski definition) is 3. The third kappa shape index (κ3) is 6.20. The highest BCUT2D eigenvalue weighted by atomic mass is 19.1. The Morgan fingerprint density at radius 2 is 1.94 bits per heavy atom. The molecule has 0 aromatic heterocycles. The third-order valence-corrected chi connectivity index (χ3v) is 6.44. The van der Waals surface area contributed by atoms with Crippen LogP contribution in [-0.2, 0) is 14.3 Å². The highest BCUT2D eigenvalue weighted by molar-refractivity contribution is 6.01. The Morgan fingerprint density at radius 3 is 2.49 bits per heavy atom. The lowest BCUT2D eigenvalue weighted by molar-refractivity contribution is -0.134. The first kappa shape index (κ1) is 26.2. The second-order valence-electron chi connectivity index (χ2n) is 9.56. The number of benzene rings is 1. The van der Waals surface area contributed by atoms with Gasteiger partial charge in [-0.05, 0) is 44.7 Å². The monoisotopic (exact) mass is 493 g/mol. The SMILES string of the molecule is C=C(CC(C)C(C)(C)F)C(=N)OC(N)=NC1CN(c2cc(F)c(C3CCC(=O)NC3=O)c(F)c2)C1. The van der Waals surface area contributed by atoms with Crippen molar-refractivity contribution in [3.05, 3.63) is 41.5 Å². The highest BCUT2D eigenvalue weighted by Gasteiger charge is 2.34. The zero-order valence-electron chi connectivity index (χ0n) is 20.0. The number of anilines is 1. The van der Waals surface area contributed by atoms with E-state index in [1.165, 1.54) is 13.8 Å². The molecule has 0 spiro atoms. The van der Waals surface area contributed by atoms with E-state index in [4.69, 9.17) is 15.9 Å². The molecule has 1 aromatic rings. The summed E-state index contributed by atoms with van der Waals surface area (Å²) in [4.78, 5) is 29.1. The summed E-state index contributed by atoms with van der Waals surface area (Å²) >= 11 is 0. The molecule has 1 aromatic carbocycles. The number of rotatable bonds is 7. The molecule has 190 valence electrons. The molecule has 0 bridgehead atoms. The maximum atomic E-state index is 14.7. The molecule has 3 rings (SSSR count). The maximum Gasteiger partial charge on any atom is 0.289 e. The predicted molar refractivity (Wildman–Crippen MR) is 126 cm³/mol. The van der Waals surface area contributed by atoms with Gasteiger partial charge in [0.25, 0.3) is 6.02 Å². The van der Waals surface area contributed by atoms with Crippen LogP contribution in [0, 0.1) is 23.0 Å². The van der Waals surface area contributed by atoms with Gasteiger partial charge >= 0.3 is 0 Å². The van der Waals surface area contributed by atoms with E-state index < -0.39 is 35.0 Å². The molecular formula is C24H30F3N5O3. The van der Waals surface area contributed by atoms with Crippen molar-refractivity contribution in [1.82, 2.24) is 5.32 Å². The Balaban J connectivity index is 1.57. The minimum atomic E-state index is -1.43. The van der Waals surface area contributed by atoms with Crippen molar-refractivity contribution >= 4 is 29.4 Å². The number of amides is 2. The molecule has 0 saturated carbocycles. The number of carbonyl (C=O) groups excluding carboxylic acids is 2. The molecule has 2 aliphatic rings. The number of nitrogens with one attached hydrogen (secondary N) is 2. The number of nitrogens with two attached hydrogens (primary N) is 1. The smallest absolute Gasteiger partial charge is 0.289 e. The van der Waals surface area contributed by atoms with Gasteiger partial charge in [-0.2, -0.15) is 0 Å². The first-order chi connectivity index (χ1) is 16.3. The number of halogens is 3. The molecule has 0 aliphatic carbocycles. The van der Waals surface area contributed by atoms with Crippen molar-refractivity contribution in [1.29, 1.82) is 5.41 Å². The molecule has 2 amide bonds. The first-order valence-electron chi connectivity index (χ1n) is 11.3. The van der Waals surface area contributed by atoms with E-state index in [-0.39, 0.29) is 54.4 Å². The van der Waals surface area contributed by atoms with Crippen molar-refractivity contribution < 1.29 is 27.5 Å². The largest absolute Gasteiger partial charge is 0.408 e. The van der Waals surface area contributed by atoms with Crippen LogP contribution in [0.1, 0.15) is 51.5 Å². The molecule has 2 fully saturated rings. The van der Waals surface area contributed by atoms with Gasteiger partial charge in [0, 0.05) is 36.3 Å². The molecular weight excluding hydrogens is 463 g/mol. The van der Waals surface area contributed by atoms with E-state index in [0.717, 1.165) is 12.1 Å². The number of carbonyl (C=O) groups is 2. The Bertz CT molecular complexity index is 1050. The van der Waals surface area contributed by atoms with Crippen molar-refractivity contribution in [2.75, 3.05) is 18.0 Å². The molecule has 8 nitrogen and oxygen atoms in total. The number of amidine groups is 1. The third-order valence-electron chi connectivity index (χ3n) is 6.44. The van der Waals surface area contributed by atoms with Gasteiger partial charge in [0.05, 0.1) is 12.0 Å². The summed E-state index contributed by atoms with van der Waals surface area (Å²) in [6.45, 7) is 8.97. The normalized spacial score (nSPS) is 20.2. The van der Waals surface area contributed by atoms with E-state index >= 15 is 0 Å². The molecule has 2 saturated heterocycles. The summed E-state index contributed by atoms with van der Waals surface area (Å²) in [6.07, 6.45) is 0.284.